The van der Waals surface area contributed by atoms with E-state index in [0.717, 1.165) is 0 Å². The van der Waals surface area contributed by atoms with Gasteiger partial charge in [-0.05, 0) is 0 Å². The molecule has 3 amide bonds. The summed E-state index contributed by atoms with van der Waals surface area (Å²) in [5.74, 6) is -1.01. The van der Waals surface area contributed by atoms with Gasteiger partial charge in [-0.15, -0.1) is 0 Å². The van der Waals surface area contributed by atoms with Crippen molar-refractivity contribution in [1.29, 1.82) is 0 Å². The van der Waals surface area contributed by atoms with Crippen LogP contribution in [0.1, 0.15) is 33.1 Å². The van der Waals surface area contributed by atoms with Crippen molar-refractivity contribution in [3.63, 3.8) is 0 Å². The molecule has 0 aromatic rings. The Kier molecular flexibility index (Phi) is 34.1. The first-order valence-corrected chi connectivity index (χ1v) is 25.7. The number of aliphatic hydroxyl groups excluding tert-OH is 12. The van der Waals surface area contributed by atoms with Crippen molar-refractivity contribution < 1.29 is 133 Å². The maximum atomic E-state index is 12.6. The lowest BCUT2D eigenvalue weighted by atomic mass is 9.99. The summed E-state index contributed by atoms with van der Waals surface area (Å²) in [6, 6.07) is -0.131. The van der Waals surface area contributed by atoms with Gasteiger partial charge in [0.15, 0.2) is 18.9 Å². The van der Waals surface area contributed by atoms with Gasteiger partial charge in [-0.2, -0.15) is 0 Å². The Labute approximate surface area is 446 Å². The second-order valence-electron chi connectivity index (χ2n) is 18.6. The fourth-order valence-corrected chi connectivity index (χ4v) is 7.80. The van der Waals surface area contributed by atoms with Gasteiger partial charge in [0.2, 0.25) is 17.7 Å². The van der Waals surface area contributed by atoms with Crippen LogP contribution in [0.5, 0.6) is 0 Å². The minimum Gasteiger partial charge on any atom is -0.394 e. The fraction of sp³-hybridized carbons (Fsp3) is 0.935. The number of ether oxygens (including phenoxy) is 12. The molecule has 15 unspecified atom stereocenters. The monoisotopic (exact) mass is 1130 g/mol. The zero-order chi connectivity index (χ0) is 56.8. The summed E-state index contributed by atoms with van der Waals surface area (Å²) in [4.78, 5) is 37.9. The molecule has 3 heterocycles. The summed E-state index contributed by atoms with van der Waals surface area (Å²) in [6.07, 6.45) is -21.2. The highest BCUT2D eigenvalue weighted by atomic mass is 16.7. The number of carbonyl (C=O) groups is 3. The minimum absolute atomic E-state index is 0.00411. The quantitative estimate of drug-likeness (QED) is 0.0253. The molecule has 3 aliphatic rings. The Hall–Kier alpha value is -2.59. The van der Waals surface area contributed by atoms with Gasteiger partial charge in [0.25, 0.3) is 0 Å². The zero-order valence-electron chi connectivity index (χ0n) is 43.7. The van der Waals surface area contributed by atoms with Crippen LogP contribution < -0.4 is 21.3 Å². The van der Waals surface area contributed by atoms with Crippen molar-refractivity contribution in [3.8, 4) is 0 Å². The summed E-state index contributed by atoms with van der Waals surface area (Å²) in [5.41, 5.74) is -1.01. The Morgan fingerprint density at radius 1 is 0.403 bits per heavy atom. The van der Waals surface area contributed by atoms with E-state index in [1.54, 1.807) is 0 Å². The highest BCUT2D eigenvalue weighted by Crippen LogP contribution is 2.24. The summed E-state index contributed by atoms with van der Waals surface area (Å²) in [7, 11) is 0. The van der Waals surface area contributed by atoms with Crippen LogP contribution in [0.25, 0.3) is 0 Å². The third kappa shape index (κ3) is 25.0. The maximum absolute atomic E-state index is 12.6. The lowest BCUT2D eigenvalue weighted by Crippen LogP contribution is -2.59. The van der Waals surface area contributed by atoms with Gasteiger partial charge in [-0.1, -0.05) is 13.8 Å². The molecule has 3 rings (SSSR count). The van der Waals surface area contributed by atoms with Crippen molar-refractivity contribution in [2.24, 2.45) is 0 Å². The van der Waals surface area contributed by atoms with Crippen LogP contribution in [0.2, 0.25) is 0 Å². The molecule has 0 saturated carbocycles. The average molecular weight is 1130 g/mol. The van der Waals surface area contributed by atoms with E-state index in [9.17, 15) is 75.7 Å². The van der Waals surface area contributed by atoms with Crippen LogP contribution >= 0.6 is 0 Å². The molecule has 0 bridgehead atoms. The number of rotatable bonds is 41. The Morgan fingerprint density at radius 2 is 0.688 bits per heavy atom. The fourth-order valence-electron chi connectivity index (χ4n) is 7.80. The van der Waals surface area contributed by atoms with Crippen molar-refractivity contribution in [3.05, 3.63) is 0 Å². The normalized spacial score (nSPS) is 30.5. The molecule has 0 radical (unpaired) electrons. The lowest BCUT2D eigenvalue weighted by Gasteiger charge is -2.39. The van der Waals surface area contributed by atoms with E-state index < -0.39 is 117 Å². The summed E-state index contributed by atoms with van der Waals surface area (Å²) in [6.45, 7) is 2.65. The van der Waals surface area contributed by atoms with Crippen molar-refractivity contribution in [2.75, 3.05) is 139 Å². The Bertz CT molecular complexity index is 1430. The van der Waals surface area contributed by atoms with Crippen molar-refractivity contribution in [2.45, 2.75) is 137 Å². The van der Waals surface area contributed by atoms with Gasteiger partial charge < -0.3 is 139 Å². The molecule has 31 nitrogen and oxygen atoms in total. The molecule has 0 spiro atoms. The number of aliphatic hydroxyl groups is 12. The number of hydrogen-bond donors (Lipinski definition) is 16. The number of hydrogen-bond acceptors (Lipinski definition) is 28. The molecule has 77 heavy (non-hydrogen) atoms. The predicted molar refractivity (Wildman–Crippen MR) is 258 cm³/mol. The summed E-state index contributed by atoms with van der Waals surface area (Å²) >= 11 is 0. The molecule has 3 fully saturated rings. The van der Waals surface area contributed by atoms with Crippen molar-refractivity contribution in [1.82, 2.24) is 21.3 Å². The molecule has 0 aromatic heterocycles. The van der Waals surface area contributed by atoms with Crippen LogP contribution in [0.15, 0.2) is 0 Å². The van der Waals surface area contributed by atoms with Crippen LogP contribution in [-0.4, -0.2) is 321 Å². The second-order valence-corrected chi connectivity index (χ2v) is 18.6. The van der Waals surface area contributed by atoms with E-state index in [1.807, 2.05) is 13.8 Å². The van der Waals surface area contributed by atoms with E-state index in [1.165, 1.54) is 0 Å². The SMILES string of the molecule is CC(C)NC(COCCC(=O)NCCOCCOC1OC(CO)C(O)C(O)C1O)(COCCC(=O)NCCOCCOC1OC(CO)C(O)C(O)C1O)COCCC(=O)NCCOCCOC1OC(CO)C(O)C(O)C1O. The van der Waals surface area contributed by atoms with Gasteiger partial charge >= 0.3 is 0 Å². The van der Waals surface area contributed by atoms with Crippen LogP contribution in [-0.2, 0) is 71.2 Å². The highest BCUT2D eigenvalue weighted by molar-refractivity contribution is 5.76. The maximum Gasteiger partial charge on any atom is 0.222 e. The molecule has 16 N–H and O–H groups in total. The molecule has 452 valence electrons. The third-order valence-corrected chi connectivity index (χ3v) is 11.9. The number of nitrogens with one attached hydrogen (secondary N) is 4. The first-order valence-electron chi connectivity index (χ1n) is 25.7. The van der Waals surface area contributed by atoms with Gasteiger partial charge in [0, 0.05) is 44.9 Å². The lowest BCUT2D eigenvalue weighted by molar-refractivity contribution is -0.302. The zero-order valence-corrected chi connectivity index (χ0v) is 43.7. The van der Waals surface area contributed by atoms with Gasteiger partial charge in [-0.25, -0.2) is 0 Å². The largest absolute Gasteiger partial charge is 0.394 e. The van der Waals surface area contributed by atoms with E-state index in [4.69, 9.17) is 56.8 Å². The predicted octanol–water partition coefficient (Wildman–Crippen LogP) is -9.21. The highest BCUT2D eigenvalue weighted by Gasteiger charge is 2.46. The number of carbonyl (C=O) groups excluding carboxylic acids is 3. The Balaban J connectivity index is 1.39. The molecular formula is C46H86N4O27. The standard InChI is InChI=1S/C46H86N4O27/c1-27(2)50-46(24-69-9-3-31(54)47-6-12-66-15-18-72-43-40(63)37(60)34(57)28(21-51)75-43,25-70-10-4-32(55)48-7-13-67-16-19-73-44-41(64)38(61)35(58)29(22-52)76-44)26-71-11-5-33(56)49-8-14-68-17-20-74-45-42(65)39(62)36(59)30(23-53)77-45/h27-30,34-45,50-53,57-65H,3-26H2,1-2H3,(H,47,54)(H,48,55)(H,49,56). The molecule has 15 atom stereocenters. The number of amides is 3. The Morgan fingerprint density at radius 3 is 0.948 bits per heavy atom. The molecule has 0 aromatic carbocycles. The summed E-state index contributed by atoms with van der Waals surface area (Å²) in [5, 5.41) is 129. The van der Waals surface area contributed by atoms with E-state index >= 15 is 0 Å². The molecular weight excluding hydrogens is 1040 g/mol. The average Bonchev–Trinajstić information content (AvgIpc) is 3.40. The van der Waals surface area contributed by atoms with Crippen LogP contribution in [0, 0.1) is 0 Å². The molecule has 31 heteroatoms. The topological polar surface area (TPSA) is 453 Å². The summed E-state index contributed by atoms with van der Waals surface area (Å²) < 4.78 is 66.2. The van der Waals surface area contributed by atoms with Gasteiger partial charge in [0.05, 0.1) is 124 Å². The molecule has 3 aliphatic heterocycles. The molecule has 0 aliphatic carbocycles. The van der Waals surface area contributed by atoms with Crippen LogP contribution in [0.3, 0.4) is 0 Å². The second kappa shape index (κ2) is 38.2. The molecule has 3 saturated heterocycles. The van der Waals surface area contributed by atoms with Gasteiger partial charge in [0.1, 0.15) is 73.2 Å². The van der Waals surface area contributed by atoms with E-state index in [0.29, 0.717) is 0 Å². The first-order chi connectivity index (χ1) is 36.9. The first kappa shape index (κ1) is 68.7. The van der Waals surface area contributed by atoms with Crippen LogP contribution in [0.4, 0.5) is 0 Å². The smallest absolute Gasteiger partial charge is 0.222 e. The van der Waals surface area contributed by atoms with E-state index in [2.05, 4.69) is 21.3 Å². The third-order valence-electron chi connectivity index (χ3n) is 11.9. The van der Waals surface area contributed by atoms with Crippen molar-refractivity contribution >= 4 is 17.7 Å². The van der Waals surface area contributed by atoms with E-state index in [-0.39, 0.29) is 162 Å². The van der Waals surface area contributed by atoms with Gasteiger partial charge in [-0.3, -0.25) is 14.4 Å². The minimum atomic E-state index is -1.58.